The van der Waals surface area contributed by atoms with E-state index in [2.05, 4.69) is 47.1 Å². The van der Waals surface area contributed by atoms with E-state index >= 15 is 0 Å². The van der Waals surface area contributed by atoms with Crippen molar-refractivity contribution >= 4 is 5.69 Å². The van der Waals surface area contributed by atoms with Gasteiger partial charge in [0.2, 0.25) is 5.88 Å². The number of alkyl halides is 2. The van der Waals surface area contributed by atoms with Gasteiger partial charge in [-0.2, -0.15) is 0 Å². The summed E-state index contributed by atoms with van der Waals surface area (Å²) in [5.41, 5.74) is 2.41. The van der Waals surface area contributed by atoms with E-state index in [1.54, 1.807) is 0 Å². The summed E-state index contributed by atoms with van der Waals surface area (Å²) in [4.78, 5) is 8.50. The second kappa shape index (κ2) is 7.58. The highest BCUT2D eigenvalue weighted by Crippen LogP contribution is 2.29. The van der Waals surface area contributed by atoms with E-state index in [1.807, 2.05) is 6.07 Å². The van der Waals surface area contributed by atoms with Crippen LogP contribution in [0.15, 0.2) is 42.6 Å². The van der Waals surface area contributed by atoms with Gasteiger partial charge in [-0.1, -0.05) is 18.2 Å². The number of anilines is 1. The zero-order valence-electron chi connectivity index (χ0n) is 15.5. The van der Waals surface area contributed by atoms with Crippen molar-refractivity contribution in [1.29, 1.82) is 0 Å². The smallest absolute Gasteiger partial charge is 0.272 e. The Kier molecular flexibility index (Phi) is 5.41. The lowest BCUT2D eigenvalue weighted by Gasteiger charge is -2.23. The van der Waals surface area contributed by atoms with Crippen LogP contribution in [0.2, 0.25) is 0 Å². The van der Waals surface area contributed by atoms with Crippen molar-refractivity contribution in [3.05, 3.63) is 53.7 Å². The van der Waals surface area contributed by atoms with E-state index < -0.39 is 5.92 Å². The van der Waals surface area contributed by atoms with Crippen molar-refractivity contribution < 1.29 is 13.5 Å². The average Bonchev–Trinajstić information content (AvgIpc) is 3.03. The van der Waals surface area contributed by atoms with Gasteiger partial charge >= 0.3 is 0 Å². The molecule has 0 radical (unpaired) electrons. The minimum Gasteiger partial charge on any atom is -0.472 e. The molecule has 140 valence electrons. The number of para-hydroxylation sites is 1. The maximum absolute atomic E-state index is 13.3. The molecule has 0 spiro atoms. The third-order valence-corrected chi connectivity index (χ3v) is 4.49. The van der Waals surface area contributed by atoms with Gasteiger partial charge in [0.25, 0.3) is 5.92 Å². The highest BCUT2D eigenvalue weighted by atomic mass is 19.3. The molecular weight excluding hydrogens is 336 g/mol. The molecule has 1 aliphatic rings. The number of rotatable bonds is 6. The molecular formula is C20H25F2N3O. The summed E-state index contributed by atoms with van der Waals surface area (Å²) < 4.78 is 32.4. The topological polar surface area (TPSA) is 28.6 Å². The molecule has 0 unspecified atom stereocenters. The van der Waals surface area contributed by atoms with Crippen LogP contribution in [0.25, 0.3) is 0 Å². The maximum atomic E-state index is 13.3. The molecule has 1 saturated heterocycles. The Bertz CT molecular complexity index is 729. The summed E-state index contributed by atoms with van der Waals surface area (Å²) >= 11 is 0. The fourth-order valence-corrected chi connectivity index (χ4v) is 3.22. The third-order valence-electron chi connectivity index (χ3n) is 4.49. The second-order valence-electron chi connectivity index (χ2n) is 7.11. The quantitative estimate of drug-likeness (QED) is 0.780. The van der Waals surface area contributed by atoms with Crippen LogP contribution >= 0.6 is 0 Å². The fraction of sp³-hybridized carbons (Fsp3) is 0.450. The molecule has 1 aliphatic heterocycles. The second-order valence-corrected chi connectivity index (χ2v) is 7.11. The minimum atomic E-state index is -2.88. The standard InChI is InChI=1S/C20H25F2N3O/c1-20(21,22)16-8-9-19(23-12-16)26-17-10-11-25(14-17)18-7-5-4-6-15(18)13-24(2)3/h4-9,12,17H,10-11,13-14H2,1-3H3/t17-/m0/s1. The molecule has 3 rings (SSSR count). The number of benzene rings is 1. The molecule has 0 amide bonds. The number of hydrogen-bond donors (Lipinski definition) is 0. The molecule has 1 aromatic carbocycles. The summed E-state index contributed by atoms with van der Waals surface area (Å²) in [5.74, 6) is -2.49. The van der Waals surface area contributed by atoms with Crippen LogP contribution < -0.4 is 9.64 Å². The van der Waals surface area contributed by atoms with E-state index in [1.165, 1.54) is 29.6 Å². The van der Waals surface area contributed by atoms with Crippen molar-refractivity contribution in [2.24, 2.45) is 0 Å². The number of hydrogen-bond acceptors (Lipinski definition) is 4. The predicted molar refractivity (Wildman–Crippen MR) is 98.9 cm³/mol. The van der Waals surface area contributed by atoms with E-state index in [4.69, 9.17) is 4.74 Å². The van der Waals surface area contributed by atoms with Crippen LogP contribution in [0.3, 0.4) is 0 Å². The monoisotopic (exact) mass is 361 g/mol. The van der Waals surface area contributed by atoms with Crippen molar-refractivity contribution in [3.63, 3.8) is 0 Å². The van der Waals surface area contributed by atoms with Gasteiger partial charge in [0.15, 0.2) is 0 Å². The lowest BCUT2D eigenvalue weighted by Crippen LogP contribution is -2.26. The number of aromatic nitrogens is 1. The van der Waals surface area contributed by atoms with E-state index in [9.17, 15) is 8.78 Å². The normalized spacial score (nSPS) is 17.8. The van der Waals surface area contributed by atoms with Gasteiger partial charge in [-0.05, 0) is 31.8 Å². The van der Waals surface area contributed by atoms with Gasteiger partial charge in [0.1, 0.15) is 6.10 Å². The van der Waals surface area contributed by atoms with Crippen molar-refractivity contribution in [3.8, 4) is 5.88 Å². The van der Waals surface area contributed by atoms with Gasteiger partial charge in [-0.3, -0.25) is 0 Å². The van der Waals surface area contributed by atoms with E-state index in [0.29, 0.717) is 5.88 Å². The SMILES string of the molecule is CN(C)Cc1ccccc1N1CC[C@H](Oc2ccc(C(C)(F)F)cn2)C1. The Hall–Kier alpha value is -2.21. The number of pyridine rings is 1. The maximum Gasteiger partial charge on any atom is 0.272 e. The molecule has 0 N–H and O–H groups in total. The molecule has 26 heavy (non-hydrogen) atoms. The lowest BCUT2D eigenvalue weighted by atomic mass is 10.1. The zero-order chi connectivity index (χ0) is 18.7. The Labute approximate surface area is 153 Å². The number of ether oxygens (including phenoxy) is 1. The first-order valence-corrected chi connectivity index (χ1v) is 8.81. The summed E-state index contributed by atoms with van der Waals surface area (Å²) in [6.45, 7) is 3.41. The summed E-state index contributed by atoms with van der Waals surface area (Å²) in [6.07, 6.45) is 2.07. The average molecular weight is 361 g/mol. The first-order chi connectivity index (χ1) is 12.3. The molecule has 0 bridgehead atoms. The van der Waals surface area contributed by atoms with Gasteiger partial charge in [-0.15, -0.1) is 0 Å². The Balaban J connectivity index is 1.64. The largest absolute Gasteiger partial charge is 0.472 e. The summed E-state index contributed by atoms with van der Waals surface area (Å²) in [7, 11) is 4.11. The highest BCUT2D eigenvalue weighted by molar-refractivity contribution is 5.54. The van der Waals surface area contributed by atoms with Gasteiger partial charge in [0, 0.05) is 49.9 Å². The predicted octanol–water partition coefficient (Wildman–Crippen LogP) is 3.91. The fourth-order valence-electron chi connectivity index (χ4n) is 3.22. The Morgan fingerprint density at radius 2 is 2.00 bits per heavy atom. The Morgan fingerprint density at radius 3 is 2.65 bits per heavy atom. The molecule has 0 saturated carbocycles. The summed E-state index contributed by atoms with van der Waals surface area (Å²) in [5, 5.41) is 0. The molecule has 0 aliphatic carbocycles. The zero-order valence-corrected chi connectivity index (χ0v) is 15.5. The molecule has 1 atom stereocenters. The molecule has 2 aromatic rings. The minimum absolute atomic E-state index is 0.00268. The van der Waals surface area contributed by atoms with Crippen molar-refractivity contribution in [2.75, 3.05) is 32.1 Å². The van der Waals surface area contributed by atoms with Gasteiger partial charge < -0.3 is 14.5 Å². The summed E-state index contributed by atoms with van der Waals surface area (Å²) in [6, 6.07) is 11.3. The van der Waals surface area contributed by atoms with Gasteiger partial charge in [0.05, 0.1) is 6.54 Å². The van der Waals surface area contributed by atoms with Crippen LogP contribution in [0.4, 0.5) is 14.5 Å². The number of halogens is 2. The Morgan fingerprint density at radius 1 is 1.23 bits per heavy atom. The van der Waals surface area contributed by atoms with Crippen LogP contribution in [0, 0.1) is 0 Å². The van der Waals surface area contributed by atoms with Gasteiger partial charge in [-0.25, -0.2) is 13.8 Å². The van der Waals surface area contributed by atoms with Crippen LogP contribution in [0.1, 0.15) is 24.5 Å². The van der Waals surface area contributed by atoms with Crippen LogP contribution in [-0.2, 0) is 12.5 Å². The molecule has 1 fully saturated rings. The molecule has 4 nitrogen and oxygen atoms in total. The lowest BCUT2D eigenvalue weighted by molar-refractivity contribution is 0.0170. The third kappa shape index (κ3) is 4.49. The molecule has 2 heterocycles. The first-order valence-electron chi connectivity index (χ1n) is 8.81. The molecule has 6 heteroatoms. The van der Waals surface area contributed by atoms with Crippen LogP contribution in [0.5, 0.6) is 5.88 Å². The molecule has 1 aromatic heterocycles. The van der Waals surface area contributed by atoms with E-state index in [0.717, 1.165) is 33.0 Å². The van der Waals surface area contributed by atoms with Crippen molar-refractivity contribution in [2.45, 2.75) is 31.9 Å². The first kappa shape index (κ1) is 18.6. The van der Waals surface area contributed by atoms with Crippen LogP contribution in [-0.4, -0.2) is 43.2 Å². The number of nitrogens with zero attached hydrogens (tertiary/aromatic N) is 3. The highest BCUT2D eigenvalue weighted by Gasteiger charge is 2.27. The van der Waals surface area contributed by atoms with E-state index in [-0.39, 0.29) is 11.7 Å². The van der Waals surface area contributed by atoms with Crippen molar-refractivity contribution in [1.82, 2.24) is 9.88 Å².